The van der Waals surface area contributed by atoms with Crippen LogP contribution in [0.5, 0.6) is 0 Å². The van der Waals surface area contributed by atoms with Gasteiger partial charge in [-0.3, -0.25) is 4.90 Å². The van der Waals surface area contributed by atoms with Gasteiger partial charge < -0.3 is 10.8 Å². The monoisotopic (exact) mass is 262 g/mol. The second kappa shape index (κ2) is 6.92. The number of hydrogen-bond acceptors (Lipinski definition) is 3. The number of para-hydroxylation sites is 1. The lowest BCUT2D eigenvalue weighted by Crippen LogP contribution is -2.39. The van der Waals surface area contributed by atoms with E-state index >= 15 is 0 Å². The number of rotatable bonds is 5. The van der Waals surface area contributed by atoms with Crippen molar-refractivity contribution in [1.29, 1.82) is 0 Å². The Morgan fingerprint density at radius 1 is 1.26 bits per heavy atom. The van der Waals surface area contributed by atoms with Crippen LogP contribution in [0, 0.1) is 0 Å². The zero-order valence-electron chi connectivity index (χ0n) is 11.9. The Hall–Kier alpha value is -1.06. The molecular weight excluding hydrogens is 236 g/mol. The van der Waals surface area contributed by atoms with Crippen molar-refractivity contribution in [2.75, 3.05) is 18.8 Å². The highest BCUT2D eigenvalue weighted by molar-refractivity contribution is 5.47. The minimum absolute atomic E-state index is 0.483. The molecule has 1 aromatic rings. The summed E-state index contributed by atoms with van der Waals surface area (Å²) < 4.78 is 0. The van der Waals surface area contributed by atoms with E-state index < -0.39 is 6.10 Å². The maximum absolute atomic E-state index is 10.4. The van der Waals surface area contributed by atoms with Crippen LogP contribution in [0.2, 0.25) is 0 Å². The number of hydrogen-bond donors (Lipinski definition) is 2. The quantitative estimate of drug-likeness (QED) is 0.802. The third-order valence-corrected chi connectivity index (χ3v) is 4.26. The first kappa shape index (κ1) is 14.4. The highest BCUT2D eigenvalue weighted by Gasteiger charge is 2.23. The van der Waals surface area contributed by atoms with Gasteiger partial charge in [0.15, 0.2) is 0 Å². The maximum Gasteiger partial charge on any atom is 0.0936 e. The van der Waals surface area contributed by atoms with E-state index in [0.29, 0.717) is 18.3 Å². The van der Waals surface area contributed by atoms with Crippen molar-refractivity contribution in [1.82, 2.24) is 4.90 Å². The fourth-order valence-corrected chi connectivity index (χ4v) is 3.12. The Balaban J connectivity index is 1.99. The fraction of sp³-hybridized carbons (Fsp3) is 0.625. The van der Waals surface area contributed by atoms with Gasteiger partial charge in [0.05, 0.1) is 6.10 Å². The summed E-state index contributed by atoms with van der Waals surface area (Å²) in [4.78, 5) is 2.41. The van der Waals surface area contributed by atoms with E-state index in [4.69, 9.17) is 5.73 Å². The molecule has 0 heterocycles. The highest BCUT2D eigenvalue weighted by Crippen LogP contribution is 2.26. The Bertz CT molecular complexity index is 388. The number of benzene rings is 1. The minimum Gasteiger partial charge on any atom is -0.398 e. The second-order valence-corrected chi connectivity index (χ2v) is 5.52. The molecule has 1 aliphatic carbocycles. The first-order chi connectivity index (χ1) is 9.22. The lowest BCUT2D eigenvalue weighted by Gasteiger charge is -2.35. The molecule has 1 unspecified atom stereocenters. The number of likely N-dealkylation sites (N-methyl/N-ethyl adjacent to an activating group) is 1. The average molecular weight is 262 g/mol. The van der Waals surface area contributed by atoms with Crippen molar-refractivity contribution in [2.24, 2.45) is 0 Å². The molecule has 19 heavy (non-hydrogen) atoms. The molecule has 1 fully saturated rings. The largest absolute Gasteiger partial charge is 0.398 e. The lowest BCUT2D eigenvalue weighted by atomic mass is 9.93. The van der Waals surface area contributed by atoms with Gasteiger partial charge in [0.1, 0.15) is 0 Å². The molecule has 2 rings (SSSR count). The summed E-state index contributed by atoms with van der Waals surface area (Å²) in [5.41, 5.74) is 7.49. The van der Waals surface area contributed by atoms with E-state index in [-0.39, 0.29) is 0 Å². The summed E-state index contributed by atoms with van der Waals surface area (Å²) >= 11 is 0. The smallest absolute Gasteiger partial charge is 0.0936 e. The van der Waals surface area contributed by atoms with Crippen molar-refractivity contribution in [3.05, 3.63) is 29.8 Å². The van der Waals surface area contributed by atoms with E-state index in [1.165, 1.54) is 32.1 Å². The van der Waals surface area contributed by atoms with Gasteiger partial charge in [-0.25, -0.2) is 0 Å². The van der Waals surface area contributed by atoms with Crippen molar-refractivity contribution in [3.63, 3.8) is 0 Å². The number of aliphatic hydroxyl groups is 1. The molecule has 0 amide bonds. The first-order valence-electron chi connectivity index (χ1n) is 7.49. The number of aliphatic hydroxyl groups excluding tert-OH is 1. The van der Waals surface area contributed by atoms with Crippen LogP contribution in [0.25, 0.3) is 0 Å². The summed E-state index contributed by atoms with van der Waals surface area (Å²) in [5, 5.41) is 10.4. The standard InChI is InChI=1S/C16H26N2O/c1-2-18(13-8-4-3-5-9-13)12-16(19)14-10-6-7-11-15(14)17/h6-7,10-11,13,16,19H,2-5,8-9,12,17H2,1H3. The summed E-state index contributed by atoms with van der Waals surface area (Å²) in [6.07, 6.45) is 6.07. The van der Waals surface area contributed by atoms with Gasteiger partial charge in [0, 0.05) is 23.8 Å². The molecule has 0 radical (unpaired) electrons. The number of nitrogen functional groups attached to an aromatic ring is 1. The number of anilines is 1. The van der Waals surface area contributed by atoms with Crippen molar-refractivity contribution >= 4 is 5.69 Å². The maximum atomic E-state index is 10.4. The predicted molar refractivity (Wildman–Crippen MR) is 79.9 cm³/mol. The molecule has 3 nitrogen and oxygen atoms in total. The molecule has 0 bridgehead atoms. The molecule has 0 aliphatic heterocycles. The molecule has 1 aromatic carbocycles. The van der Waals surface area contributed by atoms with Crippen LogP contribution < -0.4 is 5.73 Å². The molecule has 3 N–H and O–H groups in total. The van der Waals surface area contributed by atoms with Crippen LogP contribution in [-0.4, -0.2) is 29.1 Å². The third-order valence-electron chi connectivity index (χ3n) is 4.26. The normalized spacial score (nSPS) is 18.7. The highest BCUT2D eigenvalue weighted by atomic mass is 16.3. The van der Waals surface area contributed by atoms with E-state index in [9.17, 15) is 5.11 Å². The van der Waals surface area contributed by atoms with Crippen LogP contribution >= 0.6 is 0 Å². The van der Waals surface area contributed by atoms with E-state index in [1.807, 2.05) is 24.3 Å². The summed E-state index contributed by atoms with van der Waals surface area (Å²) in [6.45, 7) is 3.86. The summed E-state index contributed by atoms with van der Waals surface area (Å²) in [7, 11) is 0. The predicted octanol–water partition coefficient (Wildman–Crippen LogP) is 2.96. The van der Waals surface area contributed by atoms with Crippen LogP contribution in [-0.2, 0) is 0 Å². The van der Waals surface area contributed by atoms with Crippen LogP contribution in [0.15, 0.2) is 24.3 Å². The van der Waals surface area contributed by atoms with E-state index in [1.54, 1.807) is 0 Å². The van der Waals surface area contributed by atoms with Crippen molar-refractivity contribution in [3.8, 4) is 0 Å². The Labute approximate surface area is 116 Å². The zero-order valence-corrected chi connectivity index (χ0v) is 11.9. The van der Waals surface area contributed by atoms with Crippen molar-refractivity contribution in [2.45, 2.75) is 51.2 Å². The summed E-state index contributed by atoms with van der Waals surface area (Å²) in [6, 6.07) is 8.26. The number of nitrogens with two attached hydrogens (primary N) is 1. The fourth-order valence-electron chi connectivity index (χ4n) is 3.12. The molecule has 1 saturated carbocycles. The van der Waals surface area contributed by atoms with Crippen LogP contribution in [0.3, 0.4) is 0 Å². The van der Waals surface area contributed by atoms with Gasteiger partial charge in [-0.1, -0.05) is 44.4 Å². The van der Waals surface area contributed by atoms with Crippen molar-refractivity contribution < 1.29 is 5.11 Å². The Morgan fingerprint density at radius 2 is 1.95 bits per heavy atom. The molecule has 106 valence electrons. The molecular formula is C16H26N2O. The lowest BCUT2D eigenvalue weighted by molar-refractivity contribution is 0.0770. The van der Waals surface area contributed by atoms with Gasteiger partial charge >= 0.3 is 0 Å². The van der Waals surface area contributed by atoms with E-state index in [0.717, 1.165) is 12.1 Å². The van der Waals surface area contributed by atoms with Crippen LogP contribution in [0.4, 0.5) is 5.69 Å². The molecule has 3 heteroatoms. The molecule has 0 aromatic heterocycles. The minimum atomic E-state index is -0.483. The van der Waals surface area contributed by atoms with Crippen LogP contribution in [0.1, 0.15) is 50.7 Å². The van der Waals surface area contributed by atoms with Gasteiger partial charge in [0.25, 0.3) is 0 Å². The van der Waals surface area contributed by atoms with Gasteiger partial charge in [-0.15, -0.1) is 0 Å². The van der Waals surface area contributed by atoms with E-state index in [2.05, 4.69) is 11.8 Å². The van der Waals surface area contributed by atoms with Gasteiger partial charge in [0.2, 0.25) is 0 Å². The number of nitrogens with zero attached hydrogens (tertiary/aromatic N) is 1. The van der Waals surface area contributed by atoms with Gasteiger partial charge in [-0.2, -0.15) is 0 Å². The van der Waals surface area contributed by atoms with Gasteiger partial charge in [-0.05, 0) is 25.5 Å². The Morgan fingerprint density at radius 3 is 2.58 bits per heavy atom. The third kappa shape index (κ3) is 3.71. The topological polar surface area (TPSA) is 49.5 Å². The molecule has 1 aliphatic rings. The first-order valence-corrected chi connectivity index (χ1v) is 7.49. The average Bonchev–Trinajstić information content (AvgIpc) is 2.46. The summed E-state index contributed by atoms with van der Waals surface area (Å²) in [5.74, 6) is 0. The zero-order chi connectivity index (χ0) is 13.7. The second-order valence-electron chi connectivity index (χ2n) is 5.52. The SMILES string of the molecule is CCN(CC(O)c1ccccc1N)C1CCCCC1. The Kier molecular flexibility index (Phi) is 5.23. The molecule has 1 atom stereocenters. The molecule has 0 spiro atoms. The molecule has 0 saturated heterocycles.